The van der Waals surface area contributed by atoms with Gasteiger partial charge >= 0.3 is 0 Å². The van der Waals surface area contributed by atoms with Crippen LogP contribution < -0.4 is 4.74 Å². The van der Waals surface area contributed by atoms with Crippen LogP contribution in [-0.4, -0.2) is 45.3 Å². The van der Waals surface area contributed by atoms with Crippen LogP contribution in [0.3, 0.4) is 0 Å². The number of aromatic nitrogens is 3. The molecule has 1 amide bonds. The lowest BCUT2D eigenvalue weighted by Crippen LogP contribution is -2.42. The van der Waals surface area contributed by atoms with Gasteiger partial charge in [0.15, 0.2) is 0 Å². The Hall–Kier alpha value is -2.37. The van der Waals surface area contributed by atoms with Crippen molar-refractivity contribution in [2.45, 2.75) is 52.0 Å². The predicted molar refractivity (Wildman–Crippen MR) is 103 cm³/mol. The predicted octanol–water partition coefficient (Wildman–Crippen LogP) is 3.24. The van der Waals surface area contributed by atoms with E-state index in [0.29, 0.717) is 18.3 Å². The maximum absolute atomic E-state index is 13.1. The van der Waals surface area contributed by atoms with Gasteiger partial charge in [-0.25, -0.2) is 0 Å². The van der Waals surface area contributed by atoms with E-state index >= 15 is 0 Å². The first-order valence-corrected chi connectivity index (χ1v) is 10.1. The molecule has 0 saturated carbocycles. The highest BCUT2D eigenvalue weighted by molar-refractivity contribution is 5.90. The molecule has 1 aromatic carbocycles. The molecule has 6 nitrogen and oxygen atoms in total. The summed E-state index contributed by atoms with van der Waals surface area (Å²) in [5, 5.41) is 8.51. The summed E-state index contributed by atoms with van der Waals surface area (Å²) in [6, 6.07) is 8.08. The molecule has 1 saturated heterocycles. The standard InChI is InChI=1S/C21H28N4O2/c1-16-8-4-5-10-18(16)27-15-17-9-7-12-24(14-17)21(26)20-23-22-19-11-3-2-6-13-25(19)20/h4-5,8,10,17H,2-3,6-7,9,11-15H2,1H3. The second kappa shape index (κ2) is 8.11. The molecule has 1 aromatic heterocycles. The van der Waals surface area contributed by atoms with E-state index in [1.54, 1.807) is 0 Å². The Kier molecular flexibility index (Phi) is 5.41. The third-order valence-corrected chi connectivity index (χ3v) is 5.68. The van der Waals surface area contributed by atoms with Gasteiger partial charge in [0.2, 0.25) is 5.82 Å². The maximum Gasteiger partial charge on any atom is 0.291 e. The van der Waals surface area contributed by atoms with Gasteiger partial charge < -0.3 is 14.2 Å². The van der Waals surface area contributed by atoms with E-state index in [1.165, 1.54) is 6.42 Å². The average Bonchev–Trinajstić information content (AvgIpc) is 2.95. The summed E-state index contributed by atoms with van der Waals surface area (Å²) in [5.41, 5.74) is 1.15. The minimum atomic E-state index is 0.0243. The van der Waals surface area contributed by atoms with Crippen molar-refractivity contribution in [3.05, 3.63) is 41.5 Å². The molecule has 1 atom stereocenters. The Bertz CT molecular complexity index is 801. The number of carbonyl (C=O) groups excluding carboxylic acids is 1. The molecular formula is C21H28N4O2. The van der Waals surface area contributed by atoms with Crippen molar-refractivity contribution in [3.63, 3.8) is 0 Å². The molecular weight excluding hydrogens is 340 g/mol. The van der Waals surface area contributed by atoms with Gasteiger partial charge in [-0.3, -0.25) is 4.79 Å². The number of hydrogen-bond donors (Lipinski definition) is 0. The van der Waals surface area contributed by atoms with E-state index in [-0.39, 0.29) is 5.91 Å². The van der Waals surface area contributed by atoms with Crippen molar-refractivity contribution in [3.8, 4) is 5.75 Å². The van der Waals surface area contributed by atoms with Gasteiger partial charge in [0.1, 0.15) is 11.6 Å². The van der Waals surface area contributed by atoms with Crippen molar-refractivity contribution in [2.75, 3.05) is 19.7 Å². The lowest BCUT2D eigenvalue weighted by molar-refractivity contribution is 0.0615. The molecule has 4 rings (SSSR count). The maximum atomic E-state index is 13.1. The molecule has 0 spiro atoms. The zero-order chi connectivity index (χ0) is 18.6. The molecule has 1 fully saturated rings. The highest BCUT2D eigenvalue weighted by Crippen LogP contribution is 2.23. The van der Waals surface area contributed by atoms with E-state index in [0.717, 1.165) is 68.9 Å². The first-order valence-electron chi connectivity index (χ1n) is 10.1. The molecule has 27 heavy (non-hydrogen) atoms. The number of rotatable bonds is 4. The number of ether oxygens (including phenoxy) is 1. The van der Waals surface area contributed by atoms with Crippen LogP contribution >= 0.6 is 0 Å². The second-order valence-corrected chi connectivity index (χ2v) is 7.74. The van der Waals surface area contributed by atoms with E-state index in [1.807, 2.05) is 27.7 Å². The Morgan fingerprint density at radius 1 is 1.15 bits per heavy atom. The van der Waals surface area contributed by atoms with Crippen LogP contribution in [-0.2, 0) is 13.0 Å². The van der Waals surface area contributed by atoms with Gasteiger partial charge in [-0.05, 0) is 44.2 Å². The molecule has 2 aromatic rings. The molecule has 2 aliphatic heterocycles. The number of carbonyl (C=O) groups is 1. The lowest BCUT2D eigenvalue weighted by atomic mass is 9.99. The van der Waals surface area contributed by atoms with Crippen molar-refractivity contribution in [2.24, 2.45) is 5.92 Å². The Morgan fingerprint density at radius 2 is 2.04 bits per heavy atom. The van der Waals surface area contributed by atoms with Gasteiger partial charge in [0, 0.05) is 32.0 Å². The van der Waals surface area contributed by atoms with E-state index in [2.05, 4.69) is 23.2 Å². The first-order chi connectivity index (χ1) is 13.2. The smallest absolute Gasteiger partial charge is 0.291 e. The number of nitrogens with zero attached hydrogens (tertiary/aromatic N) is 4. The van der Waals surface area contributed by atoms with Gasteiger partial charge in [0.25, 0.3) is 5.91 Å². The Labute approximate surface area is 160 Å². The zero-order valence-corrected chi connectivity index (χ0v) is 16.1. The number of hydrogen-bond acceptors (Lipinski definition) is 4. The van der Waals surface area contributed by atoms with Crippen LogP contribution in [0.25, 0.3) is 0 Å². The average molecular weight is 368 g/mol. The monoisotopic (exact) mass is 368 g/mol. The van der Waals surface area contributed by atoms with Gasteiger partial charge in [-0.15, -0.1) is 10.2 Å². The summed E-state index contributed by atoms with van der Waals surface area (Å²) in [7, 11) is 0. The molecule has 3 heterocycles. The normalized spacial score (nSPS) is 20.0. The second-order valence-electron chi connectivity index (χ2n) is 7.74. The molecule has 0 bridgehead atoms. The van der Waals surface area contributed by atoms with Crippen molar-refractivity contribution >= 4 is 5.91 Å². The molecule has 2 aliphatic rings. The Balaban J connectivity index is 1.40. The highest BCUT2D eigenvalue weighted by atomic mass is 16.5. The highest BCUT2D eigenvalue weighted by Gasteiger charge is 2.29. The van der Waals surface area contributed by atoms with Crippen LogP contribution in [0.5, 0.6) is 5.75 Å². The minimum Gasteiger partial charge on any atom is -0.493 e. The van der Waals surface area contributed by atoms with Crippen molar-refractivity contribution in [1.82, 2.24) is 19.7 Å². The zero-order valence-electron chi connectivity index (χ0n) is 16.1. The number of aryl methyl sites for hydroxylation is 2. The minimum absolute atomic E-state index is 0.0243. The topological polar surface area (TPSA) is 60.2 Å². The fraction of sp³-hybridized carbons (Fsp3) is 0.571. The van der Waals surface area contributed by atoms with E-state index in [9.17, 15) is 4.79 Å². The Morgan fingerprint density at radius 3 is 2.93 bits per heavy atom. The number of para-hydroxylation sites is 1. The molecule has 0 N–H and O–H groups in total. The molecule has 0 radical (unpaired) electrons. The first kappa shape index (κ1) is 18.0. The lowest BCUT2D eigenvalue weighted by Gasteiger charge is -2.32. The number of fused-ring (bicyclic) bond motifs is 1. The van der Waals surface area contributed by atoms with Crippen LogP contribution in [0, 0.1) is 12.8 Å². The van der Waals surface area contributed by atoms with Crippen LogP contribution in [0.15, 0.2) is 24.3 Å². The molecule has 1 unspecified atom stereocenters. The molecule has 0 aliphatic carbocycles. The van der Waals surface area contributed by atoms with E-state index < -0.39 is 0 Å². The third kappa shape index (κ3) is 3.99. The number of piperidine rings is 1. The van der Waals surface area contributed by atoms with Crippen LogP contribution in [0.2, 0.25) is 0 Å². The quantitative estimate of drug-likeness (QED) is 0.831. The summed E-state index contributed by atoms with van der Waals surface area (Å²) in [4.78, 5) is 15.0. The summed E-state index contributed by atoms with van der Waals surface area (Å²) >= 11 is 0. The van der Waals surface area contributed by atoms with Gasteiger partial charge in [-0.2, -0.15) is 0 Å². The third-order valence-electron chi connectivity index (χ3n) is 5.68. The fourth-order valence-electron chi connectivity index (χ4n) is 4.10. The van der Waals surface area contributed by atoms with Crippen LogP contribution in [0.4, 0.5) is 0 Å². The summed E-state index contributed by atoms with van der Waals surface area (Å²) in [6.07, 6.45) is 6.45. The van der Waals surface area contributed by atoms with Gasteiger partial charge in [0.05, 0.1) is 6.61 Å². The molecule has 144 valence electrons. The SMILES string of the molecule is Cc1ccccc1OCC1CCCN(C(=O)c2nnc3n2CCCCC3)C1. The van der Waals surface area contributed by atoms with E-state index in [4.69, 9.17) is 4.74 Å². The van der Waals surface area contributed by atoms with Crippen molar-refractivity contribution in [1.29, 1.82) is 0 Å². The van der Waals surface area contributed by atoms with Crippen LogP contribution in [0.1, 0.15) is 54.1 Å². The van der Waals surface area contributed by atoms with Gasteiger partial charge in [-0.1, -0.05) is 24.6 Å². The number of likely N-dealkylation sites (tertiary alicyclic amines) is 1. The number of benzene rings is 1. The number of amides is 1. The van der Waals surface area contributed by atoms with Crippen molar-refractivity contribution < 1.29 is 9.53 Å². The summed E-state index contributed by atoms with van der Waals surface area (Å²) in [6.45, 7) is 5.08. The molecule has 6 heteroatoms. The summed E-state index contributed by atoms with van der Waals surface area (Å²) in [5.74, 6) is 2.80. The largest absolute Gasteiger partial charge is 0.493 e. The summed E-state index contributed by atoms with van der Waals surface area (Å²) < 4.78 is 8.08. The fourth-order valence-corrected chi connectivity index (χ4v) is 4.10.